The molecular weight excluding hydrogens is 388 g/mol. The molecule has 1 aromatic heterocycles. The molecule has 8 heteroatoms. The van der Waals surface area contributed by atoms with E-state index in [-0.39, 0.29) is 0 Å². The molecule has 8 nitrogen and oxygen atoms in total. The lowest BCUT2D eigenvalue weighted by Gasteiger charge is -2.39. The van der Waals surface area contributed by atoms with Gasteiger partial charge in [0.1, 0.15) is 30.2 Å². The minimum Gasteiger partial charge on any atom is -0.461 e. The molecule has 5 N–H and O–H groups in total. The number of aliphatic hydroxyl groups is 4. The molecule has 3 rings (SSSR count). The van der Waals surface area contributed by atoms with Gasteiger partial charge in [-0.15, -0.1) is 13.2 Å². The van der Waals surface area contributed by atoms with Crippen molar-refractivity contribution in [2.75, 3.05) is 26.2 Å². The van der Waals surface area contributed by atoms with Gasteiger partial charge < -0.3 is 34.9 Å². The van der Waals surface area contributed by atoms with E-state index in [4.69, 9.17) is 9.47 Å². The lowest BCUT2D eigenvalue weighted by atomic mass is 9.99. The van der Waals surface area contributed by atoms with Gasteiger partial charge in [0.25, 0.3) is 0 Å². The van der Waals surface area contributed by atoms with Gasteiger partial charge in [-0.3, -0.25) is 4.90 Å². The Morgan fingerprint density at radius 1 is 1.10 bits per heavy atom. The number of benzene rings is 1. The number of nitrogens with zero attached hydrogens (tertiary/aromatic N) is 1. The van der Waals surface area contributed by atoms with Gasteiger partial charge in [0.15, 0.2) is 0 Å². The zero-order chi connectivity index (χ0) is 21.7. The standard InChI is InChI=1S/C22H30N2O6/c1-3-9-24(10-4-2)11-8-14-12-23-15-6-5-7-16(18(14)15)29-22-21(28)20(27)19(26)17(13-25)30-22/h3-7,12,17,19-23,25-28H,1-2,8-11,13H2. The van der Waals surface area contributed by atoms with Gasteiger partial charge >= 0.3 is 0 Å². The van der Waals surface area contributed by atoms with Crippen LogP contribution in [0.5, 0.6) is 5.75 Å². The van der Waals surface area contributed by atoms with E-state index in [9.17, 15) is 20.4 Å². The summed E-state index contributed by atoms with van der Waals surface area (Å²) in [5.74, 6) is 0.479. The molecule has 2 aromatic rings. The summed E-state index contributed by atoms with van der Waals surface area (Å²) in [6.07, 6.45) is -0.255. The average molecular weight is 418 g/mol. The Kier molecular flexibility index (Phi) is 7.65. The normalized spacial score (nSPS) is 26.8. The van der Waals surface area contributed by atoms with Crippen LogP contribution >= 0.6 is 0 Å². The van der Waals surface area contributed by atoms with E-state index in [0.717, 1.165) is 42.5 Å². The minimum atomic E-state index is -1.49. The maximum atomic E-state index is 10.3. The number of hydrogen-bond donors (Lipinski definition) is 5. The molecule has 1 aromatic carbocycles. The van der Waals surface area contributed by atoms with Crippen molar-refractivity contribution in [3.63, 3.8) is 0 Å². The van der Waals surface area contributed by atoms with Crippen molar-refractivity contribution in [2.45, 2.75) is 37.1 Å². The molecular formula is C22H30N2O6. The van der Waals surface area contributed by atoms with Gasteiger partial charge in [-0.2, -0.15) is 0 Å². The second-order valence-electron chi connectivity index (χ2n) is 7.39. The summed E-state index contributed by atoms with van der Waals surface area (Å²) in [4.78, 5) is 5.44. The van der Waals surface area contributed by atoms with Gasteiger partial charge in [0, 0.05) is 36.7 Å². The van der Waals surface area contributed by atoms with Gasteiger partial charge in [-0.25, -0.2) is 0 Å². The second-order valence-corrected chi connectivity index (χ2v) is 7.39. The smallest absolute Gasteiger partial charge is 0.229 e. The fourth-order valence-electron chi connectivity index (χ4n) is 3.71. The summed E-state index contributed by atoms with van der Waals surface area (Å²) in [7, 11) is 0. The molecule has 2 heterocycles. The van der Waals surface area contributed by atoms with Crippen LogP contribution in [0.15, 0.2) is 49.7 Å². The minimum absolute atomic E-state index is 0.479. The van der Waals surface area contributed by atoms with Crippen molar-refractivity contribution in [2.24, 2.45) is 0 Å². The van der Waals surface area contributed by atoms with Crippen molar-refractivity contribution >= 4 is 10.9 Å². The molecule has 0 spiro atoms. The van der Waals surface area contributed by atoms with Crippen LogP contribution in [0, 0.1) is 0 Å². The molecule has 0 amide bonds. The molecule has 0 bridgehead atoms. The highest BCUT2D eigenvalue weighted by Gasteiger charge is 2.44. The maximum absolute atomic E-state index is 10.3. The third-order valence-corrected chi connectivity index (χ3v) is 5.31. The number of rotatable bonds is 10. The zero-order valence-corrected chi connectivity index (χ0v) is 16.9. The quantitative estimate of drug-likeness (QED) is 0.358. The van der Waals surface area contributed by atoms with E-state index in [1.165, 1.54) is 0 Å². The summed E-state index contributed by atoms with van der Waals surface area (Å²) in [5, 5.41) is 40.5. The molecule has 164 valence electrons. The first-order valence-corrected chi connectivity index (χ1v) is 10.0. The zero-order valence-electron chi connectivity index (χ0n) is 16.9. The average Bonchev–Trinajstić information content (AvgIpc) is 3.17. The van der Waals surface area contributed by atoms with E-state index in [0.29, 0.717) is 5.75 Å². The van der Waals surface area contributed by atoms with Crippen molar-refractivity contribution in [1.82, 2.24) is 9.88 Å². The van der Waals surface area contributed by atoms with Gasteiger partial charge in [0.2, 0.25) is 6.29 Å². The number of ether oxygens (including phenoxy) is 2. The topological polar surface area (TPSA) is 118 Å². The Hall–Kier alpha value is -2.20. The number of H-pyrrole nitrogens is 1. The van der Waals surface area contributed by atoms with Crippen molar-refractivity contribution < 1.29 is 29.9 Å². The maximum Gasteiger partial charge on any atom is 0.229 e. The second kappa shape index (κ2) is 10.2. The number of aromatic nitrogens is 1. The summed E-state index contributed by atoms with van der Waals surface area (Å²) < 4.78 is 11.4. The van der Waals surface area contributed by atoms with Crippen LogP contribution in [0.2, 0.25) is 0 Å². The number of fused-ring (bicyclic) bond motifs is 1. The first kappa shape index (κ1) is 22.5. The van der Waals surface area contributed by atoms with Crippen LogP contribution < -0.4 is 4.74 Å². The summed E-state index contributed by atoms with van der Waals surface area (Å²) >= 11 is 0. The first-order valence-electron chi connectivity index (χ1n) is 10.0. The van der Waals surface area contributed by atoms with E-state index in [1.54, 1.807) is 6.07 Å². The van der Waals surface area contributed by atoms with E-state index >= 15 is 0 Å². The molecule has 0 saturated carbocycles. The van der Waals surface area contributed by atoms with Crippen LogP contribution in [0.4, 0.5) is 0 Å². The van der Waals surface area contributed by atoms with E-state index < -0.39 is 37.3 Å². The van der Waals surface area contributed by atoms with Crippen LogP contribution in [-0.2, 0) is 11.2 Å². The van der Waals surface area contributed by atoms with Crippen LogP contribution in [0.3, 0.4) is 0 Å². The number of hydrogen-bond acceptors (Lipinski definition) is 7. The molecule has 5 unspecified atom stereocenters. The molecule has 0 aliphatic carbocycles. The molecule has 1 aliphatic heterocycles. The molecule has 1 aliphatic rings. The summed E-state index contributed by atoms with van der Waals surface area (Å²) in [5.41, 5.74) is 1.90. The lowest BCUT2D eigenvalue weighted by Crippen LogP contribution is -2.60. The van der Waals surface area contributed by atoms with E-state index in [2.05, 4.69) is 23.0 Å². The largest absolute Gasteiger partial charge is 0.461 e. The number of aromatic amines is 1. The SMILES string of the molecule is C=CCN(CC=C)CCc1c[nH]c2cccc(OC3OC(CO)C(O)C(O)C3O)c12. The van der Waals surface area contributed by atoms with Crippen LogP contribution in [0.25, 0.3) is 10.9 Å². The van der Waals surface area contributed by atoms with Gasteiger partial charge in [-0.1, -0.05) is 18.2 Å². The Labute approximate surface area is 175 Å². The predicted octanol–water partition coefficient (Wildman–Crippen LogP) is 0.563. The third-order valence-electron chi connectivity index (χ3n) is 5.31. The molecule has 1 fully saturated rings. The summed E-state index contributed by atoms with van der Waals surface area (Å²) in [6, 6.07) is 5.49. The van der Waals surface area contributed by atoms with Crippen LogP contribution in [-0.4, -0.2) is 87.3 Å². The monoisotopic (exact) mass is 418 g/mol. The Bertz CT molecular complexity index is 841. The highest BCUT2D eigenvalue weighted by atomic mass is 16.7. The van der Waals surface area contributed by atoms with Gasteiger partial charge in [0.05, 0.1) is 6.61 Å². The molecule has 30 heavy (non-hydrogen) atoms. The highest BCUT2D eigenvalue weighted by Crippen LogP contribution is 2.32. The fourth-order valence-corrected chi connectivity index (χ4v) is 3.71. The third kappa shape index (κ3) is 4.75. The van der Waals surface area contributed by atoms with E-state index in [1.807, 2.05) is 30.5 Å². The molecule has 5 atom stereocenters. The van der Waals surface area contributed by atoms with Gasteiger partial charge in [-0.05, 0) is 24.1 Å². The Balaban J connectivity index is 1.82. The van der Waals surface area contributed by atoms with Crippen molar-refractivity contribution in [3.05, 3.63) is 55.3 Å². The molecule has 1 saturated heterocycles. The van der Waals surface area contributed by atoms with Crippen molar-refractivity contribution in [3.8, 4) is 5.75 Å². The number of nitrogens with one attached hydrogen (secondary N) is 1. The molecule has 0 radical (unpaired) electrons. The predicted molar refractivity (Wildman–Crippen MR) is 113 cm³/mol. The highest BCUT2D eigenvalue weighted by molar-refractivity contribution is 5.89. The first-order chi connectivity index (χ1) is 14.5. The summed E-state index contributed by atoms with van der Waals surface area (Å²) in [6.45, 7) is 9.37. The lowest BCUT2D eigenvalue weighted by molar-refractivity contribution is -0.277. The Morgan fingerprint density at radius 3 is 2.50 bits per heavy atom. The fraction of sp³-hybridized carbons (Fsp3) is 0.455. The Morgan fingerprint density at radius 2 is 1.83 bits per heavy atom. The van der Waals surface area contributed by atoms with Crippen LogP contribution in [0.1, 0.15) is 5.56 Å². The van der Waals surface area contributed by atoms with Crippen molar-refractivity contribution in [1.29, 1.82) is 0 Å². The number of aliphatic hydroxyl groups excluding tert-OH is 4.